The van der Waals surface area contributed by atoms with Crippen LogP contribution in [-0.2, 0) is 11.2 Å². The van der Waals surface area contributed by atoms with Gasteiger partial charge in [-0.2, -0.15) is 0 Å². The van der Waals surface area contributed by atoms with Gasteiger partial charge in [-0.25, -0.2) is 0 Å². The van der Waals surface area contributed by atoms with Crippen LogP contribution < -0.4 is 10.2 Å². The molecule has 0 unspecified atom stereocenters. The predicted molar refractivity (Wildman–Crippen MR) is 52.4 cm³/mol. The summed E-state index contributed by atoms with van der Waals surface area (Å²) >= 11 is 6.39. The van der Waals surface area contributed by atoms with Crippen molar-refractivity contribution < 1.29 is 4.79 Å². The van der Waals surface area contributed by atoms with Gasteiger partial charge in [-0.05, 0) is 0 Å². The van der Waals surface area contributed by atoms with Crippen molar-refractivity contribution in [2.45, 2.75) is 6.42 Å². The van der Waals surface area contributed by atoms with Crippen LogP contribution in [-0.4, -0.2) is 23.3 Å². The van der Waals surface area contributed by atoms with Gasteiger partial charge in [0.05, 0.1) is 0 Å². The summed E-state index contributed by atoms with van der Waals surface area (Å²) in [7, 11) is 0. The average molecular weight is 221 g/mol. The first kappa shape index (κ1) is 10.3. The highest BCUT2D eigenvalue weighted by molar-refractivity contribution is 7.07. The second-order valence-electron chi connectivity index (χ2n) is 2.41. The predicted octanol–water partition coefficient (Wildman–Crippen LogP) is 0.334. The highest BCUT2D eigenvalue weighted by atomic mass is 35.5. The Hall–Kier alpha value is -0.810. The Morgan fingerprint density at radius 3 is 3.00 bits per heavy atom. The van der Waals surface area contributed by atoms with Crippen LogP contribution >= 0.6 is 22.9 Å². The summed E-state index contributed by atoms with van der Waals surface area (Å²) in [4.78, 5) is 24.0. The quantitative estimate of drug-likeness (QED) is 0.719. The van der Waals surface area contributed by atoms with Crippen molar-refractivity contribution in [3.63, 3.8) is 0 Å². The van der Waals surface area contributed by atoms with Gasteiger partial charge in [-0.3, -0.25) is 9.59 Å². The van der Waals surface area contributed by atoms with E-state index in [-0.39, 0.29) is 16.7 Å². The van der Waals surface area contributed by atoms with Crippen molar-refractivity contribution in [1.29, 1.82) is 0 Å². The summed E-state index contributed by atoms with van der Waals surface area (Å²) in [5.74, 6) is -0.223. The van der Waals surface area contributed by atoms with Crippen LogP contribution in [0.25, 0.3) is 0 Å². The second kappa shape index (κ2) is 5.04. The van der Waals surface area contributed by atoms with Crippen molar-refractivity contribution in [3.8, 4) is 0 Å². The third-order valence-electron chi connectivity index (χ3n) is 1.41. The number of hydrogen-bond donors (Lipinski definition) is 2. The fraction of sp³-hybridized carbons (Fsp3) is 0.429. The van der Waals surface area contributed by atoms with Crippen LogP contribution in [0.4, 0.5) is 0 Å². The van der Waals surface area contributed by atoms with Gasteiger partial charge in [0.15, 0.2) is 0 Å². The molecule has 0 fully saturated rings. The lowest BCUT2D eigenvalue weighted by Gasteiger charge is -1.99. The molecule has 13 heavy (non-hydrogen) atoms. The third kappa shape index (κ3) is 3.61. The summed E-state index contributed by atoms with van der Waals surface area (Å²) in [5, 5.41) is 4.35. The Kier molecular flexibility index (Phi) is 3.98. The van der Waals surface area contributed by atoms with Crippen molar-refractivity contribution in [2.75, 3.05) is 12.4 Å². The molecule has 0 spiro atoms. The summed E-state index contributed by atoms with van der Waals surface area (Å²) in [5.41, 5.74) is 0.838. The van der Waals surface area contributed by atoms with Crippen molar-refractivity contribution in [1.82, 2.24) is 10.3 Å². The zero-order valence-corrected chi connectivity index (χ0v) is 8.37. The van der Waals surface area contributed by atoms with Gasteiger partial charge in [-0.1, -0.05) is 11.3 Å². The van der Waals surface area contributed by atoms with Crippen LogP contribution in [0.5, 0.6) is 0 Å². The maximum absolute atomic E-state index is 10.7. The maximum Gasteiger partial charge on any atom is 0.304 e. The highest BCUT2D eigenvalue weighted by Crippen LogP contribution is 1.95. The van der Waals surface area contributed by atoms with Gasteiger partial charge in [0, 0.05) is 24.0 Å². The largest absolute Gasteiger partial charge is 0.355 e. The summed E-state index contributed by atoms with van der Waals surface area (Å²) < 4.78 is 0. The van der Waals surface area contributed by atoms with E-state index in [0.29, 0.717) is 13.0 Å². The molecule has 1 rings (SSSR count). The number of aromatic nitrogens is 1. The molecule has 0 aromatic carbocycles. The van der Waals surface area contributed by atoms with Crippen LogP contribution in [0.3, 0.4) is 0 Å². The van der Waals surface area contributed by atoms with Crippen molar-refractivity contribution in [2.24, 2.45) is 0 Å². The molecule has 0 radical (unpaired) electrons. The first-order valence-electron chi connectivity index (χ1n) is 3.71. The van der Waals surface area contributed by atoms with Crippen LogP contribution in [0, 0.1) is 0 Å². The van der Waals surface area contributed by atoms with E-state index >= 15 is 0 Å². The minimum atomic E-state index is -0.195. The number of thiazole rings is 1. The molecule has 0 atom stereocenters. The summed E-state index contributed by atoms with van der Waals surface area (Å²) in [6.45, 7) is 0.498. The first-order chi connectivity index (χ1) is 6.22. The van der Waals surface area contributed by atoms with Crippen molar-refractivity contribution >= 4 is 28.8 Å². The Morgan fingerprint density at radius 2 is 2.46 bits per heavy atom. The molecule has 0 saturated heterocycles. The lowest BCUT2D eigenvalue weighted by atomic mass is 10.3. The number of hydrogen-bond acceptors (Lipinski definition) is 3. The van der Waals surface area contributed by atoms with E-state index in [2.05, 4.69) is 10.3 Å². The minimum Gasteiger partial charge on any atom is -0.355 e. The van der Waals surface area contributed by atoms with Crippen LogP contribution in [0.2, 0.25) is 0 Å². The molecule has 0 saturated carbocycles. The van der Waals surface area contributed by atoms with Gasteiger partial charge >= 0.3 is 4.87 Å². The fourth-order valence-corrected chi connectivity index (χ4v) is 1.53. The van der Waals surface area contributed by atoms with Crippen LogP contribution in [0.15, 0.2) is 10.2 Å². The van der Waals surface area contributed by atoms with Gasteiger partial charge in [-0.15, -0.1) is 11.6 Å². The Balaban J connectivity index is 2.28. The molecule has 0 aliphatic carbocycles. The molecule has 72 valence electrons. The molecule has 1 aromatic heterocycles. The monoisotopic (exact) mass is 220 g/mol. The Bertz CT molecular complexity index is 333. The summed E-state index contributed by atoms with van der Waals surface area (Å²) in [6, 6.07) is 0. The Labute approximate surface area is 83.9 Å². The van der Waals surface area contributed by atoms with Gasteiger partial charge in [0.1, 0.15) is 5.88 Å². The smallest absolute Gasteiger partial charge is 0.304 e. The zero-order chi connectivity index (χ0) is 9.68. The average Bonchev–Trinajstić information content (AvgIpc) is 2.51. The van der Waals surface area contributed by atoms with E-state index in [0.717, 1.165) is 17.0 Å². The number of halogens is 1. The SMILES string of the molecule is O=C(CCl)NCCc1csc(=O)[nH]1. The van der Waals surface area contributed by atoms with E-state index in [9.17, 15) is 9.59 Å². The van der Waals surface area contributed by atoms with Gasteiger partial charge in [0.25, 0.3) is 0 Å². The zero-order valence-electron chi connectivity index (χ0n) is 6.80. The molecule has 0 aliphatic heterocycles. The third-order valence-corrected chi connectivity index (χ3v) is 2.37. The first-order valence-corrected chi connectivity index (χ1v) is 5.13. The molecule has 1 aromatic rings. The van der Waals surface area contributed by atoms with Gasteiger partial charge < -0.3 is 10.3 Å². The topological polar surface area (TPSA) is 62.0 Å². The minimum absolute atomic E-state index is 0.0276. The number of carbonyl (C=O) groups is 1. The number of nitrogens with one attached hydrogen (secondary N) is 2. The number of aromatic amines is 1. The lowest BCUT2D eigenvalue weighted by molar-refractivity contribution is -0.118. The standard InChI is InChI=1S/C7H9ClN2O2S/c8-3-6(11)9-2-1-5-4-13-7(12)10-5/h4H,1-3H2,(H,9,11)(H,10,12). The second-order valence-corrected chi connectivity index (χ2v) is 3.52. The van der Waals surface area contributed by atoms with Gasteiger partial charge in [0.2, 0.25) is 5.91 Å². The van der Waals surface area contributed by atoms with Crippen LogP contribution in [0.1, 0.15) is 5.69 Å². The van der Waals surface area contributed by atoms with Crippen molar-refractivity contribution in [3.05, 3.63) is 20.7 Å². The molecular weight excluding hydrogens is 212 g/mol. The normalized spacial score (nSPS) is 9.92. The number of carbonyl (C=O) groups excluding carboxylic acids is 1. The molecule has 4 nitrogen and oxygen atoms in total. The molecule has 1 amide bonds. The van der Waals surface area contributed by atoms with E-state index in [1.807, 2.05) is 0 Å². The summed E-state index contributed by atoms with van der Waals surface area (Å²) in [6.07, 6.45) is 0.626. The van der Waals surface area contributed by atoms with E-state index < -0.39 is 0 Å². The molecule has 0 bridgehead atoms. The number of H-pyrrole nitrogens is 1. The molecule has 2 N–H and O–H groups in total. The lowest BCUT2D eigenvalue weighted by Crippen LogP contribution is -2.26. The number of rotatable bonds is 4. The molecule has 0 aliphatic rings. The fourth-order valence-electron chi connectivity index (χ4n) is 0.820. The molecular formula is C7H9ClN2O2S. The molecule has 1 heterocycles. The molecule has 6 heteroatoms. The highest BCUT2D eigenvalue weighted by Gasteiger charge is 1.99. The maximum atomic E-state index is 10.7. The van der Waals surface area contributed by atoms with E-state index in [1.165, 1.54) is 0 Å². The number of alkyl halides is 1. The van der Waals surface area contributed by atoms with E-state index in [1.54, 1.807) is 5.38 Å². The Morgan fingerprint density at radius 1 is 1.69 bits per heavy atom. The van der Waals surface area contributed by atoms with E-state index in [4.69, 9.17) is 11.6 Å². The number of amides is 1.